The highest BCUT2D eigenvalue weighted by molar-refractivity contribution is 9.11. The van der Waals surface area contributed by atoms with Gasteiger partial charge < -0.3 is 15.4 Å². The molecule has 1 aromatic rings. The van der Waals surface area contributed by atoms with Crippen molar-refractivity contribution in [2.75, 3.05) is 32.8 Å². The Labute approximate surface area is 121 Å². The molecule has 0 bridgehead atoms. The van der Waals surface area contributed by atoms with Crippen LogP contribution in [-0.4, -0.2) is 38.9 Å². The number of ether oxygens (including phenoxy) is 1. The summed E-state index contributed by atoms with van der Waals surface area (Å²) >= 11 is 5.34. The van der Waals surface area contributed by atoms with Crippen LogP contribution in [0.2, 0.25) is 0 Å². The SMILES string of the molecule is CC(C)(CNCC1COCCN1)c1ccc(Br)s1. The molecular weight excluding hydrogens is 312 g/mol. The fourth-order valence-corrected chi connectivity index (χ4v) is 3.56. The monoisotopic (exact) mass is 332 g/mol. The fraction of sp³-hybridized carbons (Fsp3) is 0.692. The highest BCUT2D eigenvalue weighted by atomic mass is 79.9. The smallest absolute Gasteiger partial charge is 0.0701 e. The zero-order chi connectivity index (χ0) is 13.0. The topological polar surface area (TPSA) is 33.3 Å². The Morgan fingerprint density at radius 3 is 3.00 bits per heavy atom. The van der Waals surface area contributed by atoms with E-state index in [1.807, 2.05) is 11.3 Å². The molecule has 5 heteroatoms. The number of hydrogen-bond acceptors (Lipinski definition) is 4. The van der Waals surface area contributed by atoms with E-state index in [1.54, 1.807) is 0 Å². The van der Waals surface area contributed by atoms with Crippen LogP contribution in [0.25, 0.3) is 0 Å². The molecule has 1 unspecified atom stereocenters. The van der Waals surface area contributed by atoms with Gasteiger partial charge in [-0.3, -0.25) is 0 Å². The molecule has 1 aromatic heterocycles. The second kappa shape index (κ2) is 6.48. The molecule has 0 spiro atoms. The lowest BCUT2D eigenvalue weighted by Crippen LogP contribution is -2.48. The Bertz CT molecular complexity index is 375. The molecule has 1 saturated heterocycles. The Morgan fingerprint density at radius 2 is 2.39 bits per heavy atom. The summed E-state index contributed by atoms with van der Waals surface area (Å²) in [6, 6.07) is 4.78. The first-order valence-corrected chi connectivity index (χ1v) is 7.96. The van der Waals surface area contributed by atoms with Crippen LogP contribution < -0.4 is 10.6 Å². The molecular formula is C13H21BrN2OS. The first kappa shape index (κ1) is 14.5. The van der Waals surface area contributed by atoms with Crippen LogP contribution in [0.15, 0.2) is 15.9 Å². The van der Waals surface area contributed by atoms with Crippen LogP contribution in [0.5, 0.6) is 0 Å². The van der Waals surface area contributed by atoms with E-state index in [0.717, 1.165) is 32.8 Å². The molecule has 2 rings (SSSR count). The maximum absolute atomic E-state index is 5.45. The van der Waals surface area contributed by atoms with E-state index in [9.17, 15) is 0 Å². The predicted octanol–water partition coefficient (Wildman–Crippen LogP) is 2.37. The van der Waals surface area contributed by atoms with Gasteiger partial charge in [-0.1, -0.05) is 13.8 Å². The molecule has 0 saturated carbocycles. The van der Waals surface area contributed by atoms with E-state index in [4.69, 9.17) is 4.74 Å². The van der Waals surface area contributed by atoms with Crippen molar-refractivity contribution in [2.45, 2.75) is 25.3 Å². The summed E-state index contributed by atoms with van der Waals surface area (Å²) in [5, 5.41) is 7.01. The summed E-state index contributed by atoms with van der Waals surface area (Å²) in [5.74, 6) is 0. The van der Waals surface area contributed by atoms with Crippen molar-refractivity contribution in [3.63, 3.8) is 0 Å². The van der Waals surface area contributed by atoms with Gasteiger partial charge in [0.25, 0.3) is 0 Å². The van der Waals surface area contributed by atoms with E-state index in [0.29, 0.717) is 6.04 Å². The summed E-state index contributed by atoms with van der Waals surface area (Å²) < 4.78 is 6.65. The molecule has 18 heavy (non-hydrogen) atoms. The van der Waals surface area contributed by atoms with E-state index in [-0.39, 0.29) is 5.41 Å². The number of nitrogens with one attached hydrogen (secondary N) is 2. The van der Waals surface area contributed by atoms with E-state index in [2.05, 4.69) is 52.5 Å². The summed E-state index contributed by atoms with van der Waals surface area (Å²) in [6.45, 7) is 9.14. The second-order valence-corrected chi connectivity index (χ2v) is 7.81. The van der Waals surface area contributed by atoms with Crippen LogP contribution >= 0.6 is 27.3 Å². The standard InChI is InChI=1S/C13H21BrN2OS/c1-13(2,11-3-4-12(14)18-11)9-15-7-10-8-17-6-5-16-10/h3-4,10,15-16H,5-9H2,1-2H3. The summed E-state index contributed by atoms with van der Waals surface area (Å²) in [5.41, 5.74) is 0.173. The molecule has 0 radical (unpaired) electrons. The Kier molecular flexibility index (Phi) is 5.21. The zero-order valence-corrected chi connectivity index (χ0v) is 13.4. The highest BCUT2D eigenvalue weighted by Gasteiger charge is 2.23. The van der Waals surface area contributed by atoms with Gasteiger partial charge in [0.2, 0.25) is 0 Å². The number of hydrogen-bond donors (Lipinski definition) is 2. The van der Waals surface area contributed by atoms with Gasteiger partial charge in [0.05, 0.1) is 17.0 Å². The van der Waals surface area contributed by atoms with Gasteiger partial charge in [0.15, 0.2) is 0 Å². The average molecular weight is 333 g/mol. The second-order valence-electron chi connectivity index (χ2n) is 5.34. The van der Waals surface area contributed by atoms with Crippen LogP contribution in [0, 0.1) is 0 Å². The number of thiophene rings is 1. The summed E-state index contributed by atoms with van der Waals surface area (Å²) in [6.07, 6.45) is 0. The van der Waals surface area contributed by atoms with Crippen LogP contribution in [0.1, 0.15) is 18.7 Å². The van der Waals surface area contributed by atoms with Crippen LogP contribution in [0.3, 0.4) is 0 Å². The average Bonchev–Trinajstić information content (AvgIpc) is 2.78. The van der Waals surface area contributed by atoms with Gasteiger partial charge in [-0.25, -0.2) is 0 Å². The van der Waals surface area contributed by atoms with Crippen molar-refractivity contribution in [1.29, 1.82) is 0 Å². The molecule has 1 fully saturated rings. The summed E-state index contributed by atoms with van der Waals surface area (Å²) in [7, 11) is 0. The van der Waals surface area contributed by atoms with E-state index >= 15 is 0 Å². The lowest BCUT2D eigenvalue weighted by Gasteiger charge is -2.28. The zero-order valence-electron chi connectivity index (χ0n) is 11.0. The van der Waals surface area contributed by atoms with Gasteiger partial charge in [0, 0.05) is 36.0 Å². The molecule has 1 aliphatic rings. The van der Waals surface area contributed by atoms with Crippen LogP contribution in [-0.2, 0) is 10.2 Å². The van der Waals surface area contributed by atoms with E-state index < -0.39 is 0 Å². The van der Waals surface area contributed by atoms with Crippen molar-refractivity contribution >= 4 is 27.3 Å². The lowest BCUT2D eigenvalue weighted by molar-refractivity contribution is 0.0764. The van der Waals surface area contributed by atoms with Gasteiger partial charge in [-0.05, 0) is 28.1 Å². The Balaban J connectivity index is 1.78. The van der Waals surface area contributed by atoms with E-state index in [1.165, 1.54) is 8.66 Å². The van der Waals surface area contributed by atoms with Gasteiger partial charge >= 0.3 is 0 Å². The summed E-state index contributed by atoms with van der Waals surface area (Å²) in [4.78, 5) is 1.41. The Morgan fingerprint density at radius 1 is 1.56 bits per heavy atom. The minimum atomic E-state index is 0.173. The third kappa shape index (κ3) is 4.03. The third-order valence-corrected chi connectivity index (χ3v) is 5.19. The fourth-order valence-electron chi connectivity index (χ4n) is 2.07. The van der Waals surface area contributed by atoms with Crippen molar-refractivity contribution < 1.29 is 4.74 Å². The maximum atomic E-state index is 5.45. The number of rotatable bonds is 5. The van der Waals surface area contributed by atoms with Gasteiger partial charge in [-0.2, -0.15) is 0 Å². The Hall–Kier alpha value is 0.0600. The van der Waals surface area contributed by atoms with Crippen molar-refractivity contribution in [2.24, 2.45) is 0 Å². The van der Waals surface area contributed by atoms with Crippen LogP contribution in [0.4, 0.5) is 0 Å². The largest absolute Gasteiger partial charge is 0.378 e. The first-order chi connectivity index (χ1) is 8.58. The van der Waals surface area contributed by atoms with Gasteiger partial charge in [-0.15, -0.1) is 11.3 Å². The molecule has 0 aliphatic carbocycles. The predicted molar refractivity (Wildman–Crippen MR) is 80.5 cm³/mol. The molecule has 2 N–H and O–H groups in total. The minimum absolute atomic E-state index is 0.173. The molecule has 1 aliphatic heterocycles. The molecule has 1 atom stereocenters. The molecule has 3 nitrogen and oxygen atoms in total. The maximum Gasteiger partial charge on any atom is 0.0701 e. The molecule has 0 amide bonds. The van der Waals surface area contributed by atoms with Crippen molar-refractivity contribution in [1.82, 2.24) is 10.6 Å². The van der Waals surface area contributed by atoms with Crippen molar-refractivity contribution in [3.8, 4) is 0 Å². The normalized spacial score (nSPS) is 21.2. The molecule has 102 valence electrons. The van der Waals surface area contributed by atoms with Crippen molar-refractivity contribution in [3.05, 3.63) is 20.8 Å². The third-order valence-electron chi connectivity index (χ3n) is 3.20. The number of morpholine rings is 1. The highest BCUT2D eigenvalue weighted by Crippen LogP contribution is 2.32. The minimum Gasteiger partial charge on any atom is -0.378 e. The molecule has 2 heterocycles. The molecule has 0 aromatic carbocycles. The van der Waals surface area contributed by atoms with Gasteiger partial charge in [0.1, 0.15) is 0 Å². The lowest BCUT2D eigenvalue weighted by atomic mass is 9.91. The number of halogens is 1. The quantitative estimate of drug-likeness (QED) is 0.868. The first-order valence-electron chi connectivity index (χ1n) is 6.35.